The highest BCUT2D eigenvalue weighted by atomic mass is 32.1. The molecule has 0 aliphatic heterocycles. The topological polar surface area (TPSA) is 53.4 Å². The van der Waals surface area contributed by atoms with Crippen LogP contribution in [0.3, 0.4) is 0 Å². The molecule has 0 fully saturated rings. The van der Waals surface area contributed by atoms with Gasteiger partial charge in [-0.15, -0.1) is 11.3 Å². The summed E-state index contributed by atoms with van der Waals surface area (Å²) >= 11 is 1.41. The van der Waals surface area contributed by atoms with Crippen LogP contribution in [0.4, 0.5) is 0 Å². The Morgan fingerprint density at radius 2 is 2.17 bits per heavy atom. The summed E-state index contributed by atoms with van der Waals surface area (Å²) in [7, 11) is -1.41. The van der Waals surface area contributed by atoms with Crippen molar-refractivity contribution in [2.24, 2.45) is 0 Å². The van der Waals surface area contributed by atoms with Gasteiger partial charge >= 0.3 is 7.12 Å². The van der Waals surface area contributed by atoms with Crippen LogP contribution >= 0.6 is 11.3 Å². The van der Waals surface area contributed by atoms with Crippen LogP contribution in [-0.2, 0) is 0 Å². The van der Waals surface area contributed by atoms with Crippen molar-refractivity contribution in [1.82, 2.24) is 4.98 Å². The molecule has 60 valence electrons. The van der Waals surface area contributed by atoms with E-state index in [1.807, 2.05) is 6.07 Å². The normalized spacial score (nSPS) is 10.5. The van der Waals surface area contributed by atoms with Crippen molar-refractivity contribution in [1.29, 1.82) is 0 Å². The summed E-state index contributed by atoms with van der Waals surface area (Å²) in [6, 6.07) is 5.29. The summed E-state index contributed by atoms with van der Waals surface area (Å²) < 4.78 is 0.840. The molecule has 12 heavy (non-hydrogen) atoms. The van der Waals surface area contributed by atoms with Crippen LogP contribution in [0.2, 0.25) is 0 Å². The monoisotopic (exact) mass is 179 g/mol. The third-order valence-corrected chi connectivity index (χ3v) is 2.56. The summed E-state index contributed by atoms with van der Waals surface area (Å²) in [5.41, 5.74) is 3.02. The van der Waals surface area contributed by atoms with Gasteiger partial charge in [-0.2, -0.15) is 0 Å². The summed E-state index contributed by atoms with van der Waals surface area (Å²) in [5, 5.41) is 17.9. The van der Waals surface area contributed by atoms with Crippen molar-refractivity contribution >= 4 is 34.1 Å². The highest BCUT2D eigenvalue weighted by Crippen LogP contribution is 2.14. The lowest BCUT2D eigenvalue weighted by Gasteiger charge is -1.98. The van der Waals surface area contributed by atoms with E-state index in [1.165, 1.54) is 11.3 Å². The van der Waals surface area contributed by atoms with E-state index in [4.69, 9.17) is 10.0 Å². The van der Waals surface area contributed by atoms with Crippen LogP contribution in [0.1, 0.15) is 0 Å². The molecule has 0 aliphatic carbocycles. The number of thiazole rings is 1. The Labute approximate surface area is 73.5 Å². The number of benzene rings is 1. The van der Waals surface area contributed by atoms with Gasteiger partial charge in [0.25, 0.3) is 0 Å². The van der Waals surface area contributed by atoms with E-state index in [1.54, 1.807) is 17.6 Å². The van der Waals surface area contributed by atoms with Crippen molar-refractivity contribution < 1.29 is 10.0 Å². The maximum Gasteiger partial charge on any atom is 0.489 e. The molecule has 0 spiro atoms. The first-order valence-corrected chi connectivity index (χ1v) is 4.35. The minimum absolute atomic E-state index is 0.523. The quantitative estimate of drug-likeness (QED) is 0.604. The molecule has 2 rings (SSSR count). The first-order valence-electron chi connectivity index (χ1n) is 3.47. The molecule has 0 saturated heterocycles. The Morgan fingerprint density at radius 1 is 1.33 bits per heavy atom. The fourth-order valence-corrected chi connectivity index (χ4v) is 1.93. The van der Waals surface area contributed by atoms with Crippen LogP contribution in [0.25, 0.3) is 10.2 Å². The molecule has 2 aromatic rings. The third-order valence-electron chi connectivity index (χ3n) is 1.67. The van der Waals surface area contributed by atoms with Crippen LogP contribution in [0.15, 0.2) is 23.7 Å². The zero-order valence-electron chi connectivity index (χ0n) is 6.14. The van der Waals surface area contributed by atoms with Crippen LogP contribution in [0, 0.1) is 0 Å². The molecule has 1 aromatic carbocycles. The molecule has 3 nitrogen and oxygen atoms in total. The summed E-state index contributed by atoms with van der Waals surface area (Å²) in [6.45, 7) is 0. The zero-order chi connectivity index (χ0) is 8.55. The van der Waals surface area contributed by atoms with Gasteiger partial charge in [0, 0.05) is 5.46 Å². The Kier molecular flexibility index (Phi) is 1.84. The predicted octanol–water partition coefficient (Wildman–Crippen LogP) is -0.0239. The van der Waals surface area contributed by atoms with Gasteiger partial charge < -0.3 is 10.0 Å². The molecule has 0 radical (unpaired) electrons. The number of hydrogen-bond donors (Lipinski definition) is 2. The fourth-order valence-electron chi connectivity index (χ4n) is 1.11. The van der Waals surface area contributed by atoms with Gasteiger partial charge in [-0.25, -0.2) is 4.98 Å². The van der Waals surface area contributed by atoms with Gasteiger partial charge in [-0.1, -0.05) is 12.1 Å². The van der Waals surface area contributed by atoms with E-state index in [0.29, 0.717) is 5.46 Å². The lowest BCUT2D eigenvalue weighted by Crippen LogP contribution is -2.29. The first-order chi connectivity index (χ1) is 5.79. The molecule has 0 aliphatic rings. The van der Waals surface area contributed by atoms with E-state index in [9.17, 15) is 0 Å². The maximum absolute atomic E-state index is 8.97. The largest absolute Gasteiger partial charge is 0.489 e. The van der Waals surface area contributed by atoms with Crippen LogP contribution in [-0.4, -0.2) is 22.2 Å². The maximum atomic E-state index is 8.97. The number of aromatic nitrogens is 1. The highest BCUT2D eigenvalue weighted by molar-refractivity contribution is 7.18. The lowest BCUT2D eigenvalue weighted by atomic mass is 9.80. The SMILES string of the molecule is OB(O)c1cccc2ncsc12. The summed E-state index contributed by atoms with van der Waals surface area (Å²) in [5.74, 6) is 0. The Hall–Kier alpha value is -0.905. The molecule has 0 saturated carbocycles. The molecular formula is C7H6BNO2S. The Balaban J connectivity index is 2.73. The van der Waals surface area contributed by atoms with Gasteiger partial charge in [0.05, 0.1) is 15.7 Å². The van der Waals surface area contributed by atoms with Gasteiger partial charge in [0.2, 0.25) is 0 Å². The first kappa shape index (κ1) is 7.73. The summed E-state index contributed by atoms with van der Waals surface area (Å²) in [6.07, 6.45) is 0. The minimum Gasteiger partial charge on any atom is -0.423 e. The second kappa shape index (κ2) is 2.86. The third kappa shape index (κ3) is 1.12. The van der Waals surface area contributed by atoms with Gasteiger partial charge in [-0.3, -0.25) is 0 Å². The molecule has 0 atom stereocenters. The Bertz CT molecular complexity index is 401. The molecule has 0 bridgehead atoms. The number of rotatable bonds is 1. The molecular weight excluding hydrogens is 173 g/mol. The van der Waals surface area contributed by atoms with Gasteiger partial charge in [0.15, 0.2) is 0 Å². The van der Waals surface area contributed by atoms with Crippen molar-refractivity contribution in [2.45, 2.75) is 0 Å². The van der Waals surface area contributed by atoms with E-state index < -0.39 is 7.12 Å². The van der Waals surface area contributed by atoms with Crippen molar-refractivity contribution in [2.75, 3.05) is 0 Å². The highest BCUT2D eigenvalue weighted by Gasteiger charge is 2.14. The minimum atomic E-state index is -1.41. The standard InChI is InChI=1S/C7H6BNO2S/c10-8(11)5-2-1-3-6-7(5)12-4-9-6/h1-4,10-11H. The Morgan fingerprint density at radius 3 is 2.92 bits per heavy atom. The lowest BCUT2D eigenvalue weighted by molar-refractivity contribution is 0.426. The van der Waals surface area contributed by atoms with Crippen LogP contribution in [0.5, 0.6) is 0 Å². The number of fused-ring (bicyclic) bond motifs is 1. The van der Waals surface area contributed by atoms with Crippen molar-refractivity contribution in [3.8, 4) is 0 Å². The van der Waals surface area contributed by atoms with Crippen molar-refractivity contribution in [3.63, 3.8) is 0 Å². The molecule has 0 unspecified atom stereocenters. The average molecular weight is 179 g/mol. The molecule has 2 N–H and O–H groups in total. The van der Waals surface area contributed by atoms with E-state index >= 15 is 0 Å². The van der Waals surface area contributed by atoms with E-state index in [2.05, 4.69) is 4.98 Å². The van der Waals surface area contributed by atoms with Crippen LogP contribution < -0.4 is 5.46 Å². The predicted molar refractivity (Wildman–Crippen MR) is 49.4 cm³/mol. The average Bonchev–Trinajstić information content (AvgIpc) is 2.49. The van der Waals surface area contributed by atoms with E-state index in [-0.39, 0.29) is 0 Å². The van der Waals surface area contributed by atoms with Gasteiger partial charge in [-0.05, 0) is 6.07 Å². The second-order valence-corrected chi connectivity index (χ2v) is 3.28. The molecule has 1 aromatic heterocycles. The molecule has 5 heteroatoms. The molecule has 1 heterocycles. The number of nitrogens with zero attached hydrogens (tertiary/aromatic N) is 1. The zero-order valence-corrected chi connectivity index (χ0v) is 6.95. The van der Waals surface area contributed by atoms with Gasteiger partial charge in [0.1, 0.15) is 0 Å². The van der Waals surface area contributed by atoms with Crippen molar-refractivity contribution in [3.05, 3.63) is 23.7 Å². The number of hydrogen-bond acceptors (Lipinski definition) is 4. The molecule has 0 amide bonds. The summed E-state index contributed by atoms with van der Waals surface area (Å²) in [4.78, 5) is 4.06. The second-order valence-electron chi connectivity index (χ2n) is 2.42. The van der Waals surface area contributed by atoms with E-state index in [0.717, 1.165) is 10.2 Å². The smallest absolute Gasteiger partial charge is 0.423 e. The fraction of sp³-hybridized carbons (Fsp3) is 0.